The standard InChI is InChI=1S/C12H23NO7S/c14-2-3-18-4-5-19-6-7-20-12(15)13-9-11-1-8-21(16,17)10-11/h11,14H,1-10H2,(H,13,15). The lowest BCUT2D eigenvalue weighted by atomic mass is 10.1. The van der Waals surface area contributed by atoms with Gasteiger partial charge in [-0.05, 0) is 12.3 Å². The van der Waals surface area contributed by atoms with Gasteiger partial charge in [-0.15, -0.1) is 0 Å². The molecule has 0 aromatic rings. The Hall–Kier alpha value is -0.900. The second-order valence-corrected chi connectivity index (χ2v) is 6.96. The Balaban J connectivity index is 1.92. The largest absolute Gasteiger partial charge is 0.447 e. The second-order valence-electron chi connectivity index (χ2n) is 4.73. The van der Waals surface area contributed by atoms with Crippen molar-refractivity contribution in [1.29, 1.82) is 0 Å². The number of hydrogen-bond acceptors (Lipinski definition) is 7. The highest BCUT2D eigenvalue weighted by Gasteiger charge is 2.27. The van der Waals surface area contributed by atoms with Gasteiger partial charge in [0.2, 0.25) is 0 Å². The molecule has 21 heavy (non-hydrogen) atoms. The number of nitrogens with one attached hydrogen (secondary N) is 1. The van der Waals surface area contributed by atoms with Gasteiger partial charge in [-0.3, -0.25) is 0 Å². The topological polar surface area (TPSA) is 111 Å². The third-order valence-corrected chi connectivity index (χ3v) is 4.77. The summed E-state index contributed by atoms with van der Waals surface area (Å²) in [5, 5.41) is 11.0. The second kappa shape index (κ2) is 9.93. The van der Waals surface area contributed by atoms with E-state index in [9.17, 15) is 13.2 Å². The van der Waals surface area contributed by atoms with Crippen molar-refractivity contribution in [2.75, 3.05) is 57.7 Å². The van der Waals surface area contributed by atoms with Gasteiger partial charge in [-0.25, -0.2) is 13.2 Å². The molecule has 1 amide bonds. The minimum Gasteiger partial charge on any atom is -0.447 e. The van der Waals surface area contributed by atoms with Crippen LogP contribution in [0.2, 0.25) is 0 Å². The van der Waals surface area contributed by atoms with Gasteiger partial charge in [0, 0.05) is 6.54 Å². The summed E-state index contributed by atoms with van der Waals surface area (Å²) in [5.41, 5.74) is 0. The Labute approximate surface area is 124 Å². The molecule has 1 unspecified atom stereocenters. The summed E-state index contributed by atoms with van der Waals surface area (Å²) in [6.45, 7) is 1.69. The normalized spacial score (nSPS) is 20.3. The van der Waals surface area contributed by atoms with Crippen molar-refractivity contribution in [3.63, 3.8) is 0 Å². The van der Waals surface area contributed by atoms with E-state index in [2.05, 4.69) is 5.32 Å². The first-order valence-corrected chi connectivity index (χ1v) is 8.73. The van der Waals surface area contributed by atoms with Gasteiger partial charge in [-0.2, -0.15) is 0 Å². The summed E-state index contributed by atoms with van der Waals surface area (Å²) in [4.78, 5) is 11.3. The summed E-state index contributed by atoms with van der Waals surface area (Å²) in [7, 11) is -2.92. The fourth-order valence-electron chi connectivity index (χ4n) is 1.89. The minimum atomic E-state index is -2.92. The van der Waals surface area contributed by atoms with Crippen LogP contribution in [0.1, 0.15) is 6.42 Å². The van der Waals surface area contributed by atoms with Crippen LogP contribution in [-0.4, -0.2) is 77.3 Å². The third kappa shape index (κ3) is 8.86. The number of ether oxygens (including phenoxy) is 3. The van der Waals surface area contributed by atoms with Crippen molar-refractivity contribution in [3.05, 3.63) is 0 Å². The van der Waals surface area contributed by atoms with Crippen molar-refractivity contribution in [2.24, 2.45) is 5.92 Å². The molecule has 9 heteroatoms. The number of hydrogen-bond donors (Lipinski definition) is 2. The lowest BCUT2D eigenvalue weighted by Crippen LogP contribution is -2.31. The molecule has 0 aliphatic carbocycles. The van der Waals surface area contributed by atoms with Gasteiger partial charge >= 0.3 is 6.09 Å². The molecule has 0 bridgehead atoms. The highest BCUT2D eigenvalue weighted by atomic mass is 32.2. The van der Waals surface area contributed by atoms with Gasteiger partial charge in [0.1, 0.15) is 6.61 Å². The van der Waals surface area contributed by atoms with Crippen molar-refractivity contribution < 1.29 is 32.5 Å². The van der Waals surface area contributed by atoms with E-state index in [4.69, 9.17) is 19.3 Å². The van der Waals surface area contributed by atoms with E-state index < -0.39 is 15.9 Å². The number of rotatable bonds is 10. The predicted molar refractivity (Wildman–Crippen MR) is 74.8 cm³/mol. The van der Waals surface area contributed by atoms with Crippen molar-refractivity contribution in [1.82, 2.24) is 5.32 Å². The predicted octanol–water partition coefficient (Wildman–Crippen LogP) is -0.827. The molecule has 1 heterocycles. The molecule has 0 aromatic carbocycles. The van der Waals surface area contributed by atoms with Crippen LogP contribution in [0, 0.1) is 5.92 Å². The smallest absolute Gasteiger partial charge is 0.407 e. The number of aliphatic hydroxyl groups excluding tert-OH is 1. The molecule has 1 saturated heterocycles. The molecule has 1 aliphatic heterocycles. The van der Waals surface area contributed by atoms with E-state index in [-0.39, 0.29) is 43.9 Å². The monoisotopic (exact) mass is 325 g/mol. The third-order valence-electron chi connectivity index (χ3n) is 2.93. The lowest BCUT2D eigenvalue weighted by Gasteiger charge is -2.10. The Kier molecular flexibility index (Phi) is 8.58. The number of aliphatic hydroxyl groups is 1. The average Bonchev–Trinajstić information content (AvgIpc) is 2.79. The fraction of sp³-hybridized carbons (Fsp3) is 0.917. The first-order chi connectivity index (χ1) is 10.0. The number of amides is 1. The Morgan fingerprint density at radius 1 is 1.14 bits per heavy atom. The molecule has 1 rings (SSSR count). The van der Waals surface area contributed by atoms with Crippen LogP contribution in [0.4, 0.5) is 4.79 Å². The van der Waals surface area contributed by atoms with E-state index in [1.807, 2.05) is 0 Å². The van der Waals surface area contributed by atoms with Crippen LogP contribution in [0.25, 0.3) is 0 Å². The van der Waals surface area contributed by atoms with Crippen molar-refractivity contribution in [3.8, 4) is 0 Å². The quantitative estimate of drug-likeness (QED) is 0.504. The highest BCUT2D eigenvalue weighted by Crippen LogP contribution is 2.17. The van der Waals surface area contributed by atoms with Gasteiger partial charge in [0.05, 0.1) is 44.5 Å². The van der Waals surface area contributed by atoms with Crippen molar-refractivity contribution >= 4 is 15.9 Å². The molecule has 0 radical (unpaired) electrons. The van der Waals surface area contributed by atoms with E-state index >= 15 is 0 Å². The number of carbonyl (C=O) groups is 1. The molecular formula is C12H23NO7S. The molecule has 0 saturated carbocycles. The summed E-state index contributed by atoms with van der Waals surface area (Å²) in [6.07, 6.45) is 0.0129. The van der Waals surface area contributed by atoms with Crippen LogP contribution in [0.5, 0.6) is 0 Å². The molecule has 124 valence electrons. The Morgan fingerprint density at radius 3 is 2.43 bits per heavy atom. The number of sulfone groups is 1. The van der Waals surface area contributed by atoms with Crippen LogP contribution < -0.4 is 5.32 Å². The zero-order valence-corrected chi connectivity index (χ0v) is 12.8. The SMILES string of the molecule is O=C(NCC1CCS(=O)(=O)C1)OCCOCCOCCO. The molecular weight excluding hydrogens is 302 g/mol. The molecule has 2 N–H and O–H groups in total. The van der Waals surface area contributed by atoms with Crippen LogP contribution in [-0.2, 0) is 24.0 Å². The minimum absolute atomic E-state index is 0.0222. The first-order valence-electron chi connectivity index (χ1n) is 6.91. The molecule has 1 fully saturated rings. The van der Waals surface area contributed by atoms with E-state index in [0.717, 1.165) is 0 Å². The molecule has 1 aliphatic rings. The fourth-order valence-corrected chi connectivity index (χ4v) is 3.75. The van der Waals surface area contributed by atoms with Gasteiger partial charge in [0.15, 0.2) is 9.84 Å². The van der Waals surface area contributed by atoms with E-state index in [0.29, 0.717) is 26.2 Å². The Bertz CT molecular complexity index is 398. The number of carbonyl (C=O) groups excluding carboxylic acids is 1. The zero-order chi connectivity index (χ0) is 15.6. The van der Waals surface area contributed by atoms with Crippen molar-refractivity contribution in [2.45, 2.75) is 6.42 Å². The van der Waals surface area contributed by atoms with Crippen LogP contribution in [0.15, 0.2) is 0 Å². The van der Waals surface area contributed by atoms with Gasteiger partial charge < -0.3 is 24.6 Å². The summed E-state index contributed by atoms with van der Waals surface area (Å²) >= 11 is 0. The molecule has 0 spiro atoms. The van der Waals surface area contributed by atoms with E-state index in [1.54, 1.807) is 0 Å². The highest BCUT2D eigenvalue weighted by molar-refractivity contribution is 7.91. The van der Waals surface area contributed by atoms with Gasteiger partial charge in [-0.1, -0.05) is 0 Å². The molecule has 1 atom stereocenters. The summed E-state index contributed by atoms with van der Waals surface area (Å²) in [6, 6.07) is 0. The van der Waals surface area contributed by atoms with Gasteiger partial charge in [0.25, 0.3) is 0 Å². The van der Waals surface area contributed by atoms with Crippen LogP contribution in [0.3, 0.4) is 0 Å². The molecule has 8 nitrogen and oxygen atoms in total. The maximum absolute atomic E-state index is 11.3. The summed E-state index contributed by atoms with van der Waals surface area (Å²) < 4.78 is 37.5. The zero-order valence-electron chi connectivity index (χ0n) is 12.0. The molecule has 0 aromatic heterocycles. The maximum atomic E-state index is 11.3. The summed E-state index contributed by atoms with van der Waals surface area (Å²) in [5.74, 6) is 0.299. The van der Waals surface area contributed by atoms with E-state index in [1.165, 1.54) is 0 Å². The van der Waals surface area contributed by atoms with Crippen LogP contribution >= 0.6 is 0 Å². The first kappa shape index (κ1) is 18.1. The average molecular weight is 325 g/mol. The lowest BCUT2D eigenvalue weighted by molar-refractivity contribution is 0.0186. The Morgan fingerprint density at radius 2 is 1.81 bits per heavy atom. The number of alkyl carbamates (subject to hydrolysis) is 1. The maximum Gasteiger partial charge on any atom is 0.407 e.